The lowest BCUT2D eigenvalue weighted by molar-refractivity contribution is 0.771. The molecule has 1 aromatic rings. The molecule has 17 heavy (non-hydrogen) atoms. The molecule has 0 bridgehead atoms. The van der Waals surface area contributed by atoms with Crippen LogP contribution in [0.5, 0.6) is 0 Å². The maximum atomic E-state index is 4.56. The first kappa shape index (κ1) is 11.1. The predicted molar refractivity (Wildman–Crippen MR) is 72.3 cm³/mol. The molecule has 1 aromatic heterocycles. The number of thioether (sulfide) groups is 1. The quantitative estimate of drug-likeness (QED) is 0.885. The minimum absolute atomic E-state index is 0.760. The molecule has 0 amide bonds. The minimum atomic E-state index is 0.760. The van der Waals surface area contributed by atoms with E-state index in [1.807, 2.05) is 30.2 Å². The van der Waals surface area contributed by atoms with Gasteiger partial charge in [-0.3, -0.25) is 9.98 Å². The molecule has 4 heteroatoms. The summed E-state index contributed by atoms with van der Waals surface area (Å²) in [7, 11) is 0. The van der Waals surface area contributed by atoms with Crippen LogP contribution < -0.4 is 5.32 Å². The first-order valence-electron chi connectivity index (χ1n) is 6.26. The van der Waals surface area contributed by atoms with Crippen molar-refractivity contribution in [1.29, 1.82) is 0 Å². The Morgan fingerprint density at radius 2 is 2.35 bits per heavy atom. The Hall–Kier alpha value is -1.03. The Kier molecular flexibility index (Phi) is 3.31. The summed E-state index contributed by atoms with van der Waals surface area (Å²) in [5.41, 5.74) is 1.28. The SMILES string of the molecule is c1cncc(CCNC2=NCC(C3CC3)S2)c1. The van der Waals surface area contributed by atoms with E-state index in [9.17, 15) is 0 Å². The third-order valence-electron chi connectivity index (χ3n) is 3.24. The summed E-state index contributed by atoms with van der Waals surface area (Å²) in [5.74, 6) is 0.946. The molecular formula is C13H17N3S. The molecule has 90 valence electrons. The van der Waals surface area contributed by atoms with Crippen molar-refractivity contribution in [3.63, 3.8) is 0 Å². The van der Waals surface area contributed by atoms with E-state index in [2.05, 4.69) is 21.4 Å². The van der Waals surface area contributed by atoms with Gasteiger partial charge in [-0.25, -0.2) is 0 Å². The average Bonchev–Trinajstić information content (AvgIpc) is 3.11. The predicted octanol–water partition coefficient (Wildman–Crippen LogP) is 2.10. The van der Waals surface area contributed by atoms with Crippen LogP contribution in [0.25, 0.3) is 0 Å². The Morgan fingerprint density at radius 3 is 3.12 bits per heavy atom. The van der Waals surface area contributed by atoms with Gasteiger partial charge in [-0.05, 0) is 36.8 Å². The Bertz CT molecular complexity index is 400. The molecule has 1 aliphatic heterocycles. The molecule has 3 rings (SSSR count). The van der Waals surface area contributed by atoms with Crippen LogP contribution in [-0.2, 0) is 6.42 Å². The number of aromatic nitrogens is 1. The molecular weight excluding hydrogens is 230 g/mol. The van der Waals surface area contributed by atoms with E-state index in [0.717, 1.165) is 35.8 Å². The lowest BCUT2D eigenvalue weighted by Gasteiger charge is -2.07. The van der Waals surface area contributed by atoms with E-state index in [0.29, 0.717) is 0 Å². The lowest BCUT2D eigenvalue weighted by atomic mass is 10.2. The van der Waals surface area contributed by atoms with Gasteiger partial charge >= 0.3 is 0 Å². The van der Waals surface area contributed by atoms with Crippen LogP contribution in [0, 0.1) is 5.92 Å². The van der Waals surface area contributed by atoms with Crippen molar-refractivity contribution in [2.45, 2.75) is 24.5 Å². The van der Waals surface area contributed by atoms with Crippen molar-refractivity contribution in [2.75, 3.05) is 13.1 Å². The van der Waals surface area contributed by atoms with Crippen LogP contribution in [0.15, 0.2) is 29.5 Å². The number of hydrogen-bond donors (Lipinski definition) is 1. The summed E-state index contributed by atoms with van der Waals surface area (Å²) in [5, 5.41) is 5.33. The number of aliphatic imine (C=N–C) groups is 1. The van der Waals surface area contributed by atoms with Gasteiger partial charge in [-0.15, -0.1) is 0 Å². The number of nitrogens with zero attached hydrogens (tertiary/aromatic N) is 2. The van der Waals surface area contributed by atoms with Crippen LogP contribution in [0.1, 0.15) is 18.4 Å². The number of amidine groups is 1. The normalized spacial score (nSPS) is 23.5. The average molecular weight is 247 g/mol. The third kappa shape index (κ3) is 3.00. The third-order valence-corrected chi connectivity index (χ3v) is 4.57. The summed E-state index contributed by atoms with van der Waals surface area (Å²) in [6.07, 6.45) is 7.58. The topological polar surface area (TPSA) is 37.3 Å². The van der Waals surface area contributed by atoms with Crippen molar-refractivity contribution < 1.29 is 0 Å². The second kappa shape index (κ2) is 5.08. The zero-order valence-electron chi connectivity index (χ0n) is 9.80. The molecule has 0 radical (unpaired) electrons. The maximum Gasteiger partial charge on any atom is 0.156 e. The molecule has 0 spiro atoms. The van der Waals surface area contributed by atoms with Gasteiger partial charge in [0, 0.05) is 24.2 Å². The molecule has 1 saturated carbocycles. The fraction of sp³-hybridized carbons (Fsp3) is 0.538. The monoisotopic (exact) mass is 247 g/mol. The van der Waals surface area contributed by atoms with Gasteiger partial charge < -0.3 is 5.32 Å². The molecule has 0 saturated heterocycles. The number of hydrogen-bond acceptors (Lipinski definition) is 4. The smallest absolute Gasteiger partial charge is 0.156 e. The van der Waals surface area contributed by atoms with E-state index in [4.69, 9.17) is 0 Å². The summed E-state index contributed by atoms with van der Waals surface area (Å²) >= 11 is 1.94. The van der Waals surface area contributed by atoms with Crippen molar-refractivity contribution >= 4 is 16.9 Å². The molecule has 1 aliphatic carbocycles. The lowest BCUT2D eigenvalue weighted by Crippen LogP contribution is -2.22. The number of nitrogens with one attached hydrogen (secondary N) is 1. The van der Waals surface area contributed by atoms with Gasteiger partial charge in [0.25, 0.3) is 0 Å². The second-order valence-corrected chi connectivity index (χ2v) is 5.91. The Morgan fingerprint density at radius 1 is 1.41 bits per heavy atom. The Balaban J connectivity index is 1.40. The van der Waals surface area contributed by atoms with Crippen molar-refractivity contribution in [3.05, 3.63) is 30.1 Å². The minimum Gasteiger partial charge on any atom is -0.365 e. The van der Waals surface area contributed by atoms with E-state index in [1.54, 1.807) is 0 Å². The van der Waals surface area contributed by atoms with Crippen molar-refractivity contribution in [3.8, 4) is 0 Å². The van der Waals surface area contributed by atoms with Gasteiger partial charge in [-0.2, -0.15) is 0 Å². The standard InChI is InChI=1S/C13H17N3S/c1-2-10(8-14-6-1)5-7-15-13-16-9-12(17-13)11-3-4-11/h1-2,6,8,11-12H,3-5,7,9H2,(H,15,16). The summed E-state index contributed by atoms with van der Waals surface area (Å²) < 4.78 is 0. The van der Waals surface area contributed by atoms with Gasteiger partial charge in [0.1, 0.15) is 0 Å². The van der Waals surface area contributed by atoms with Crippen molar-refractivity contribution in [2.24, 2.45) is 10.9 Å². The maximum absolute atomic E-state index is 4.56. The number of pyridine rings is 1. The molecule has 1 N–H and O–H groups in total. The fourth-order valence-corrected chi connectivity index (χ4v) is 3.30. The number of rotatable bonds is 4. The van der Waals surface area contributed by atoms with E-state index < -0.39 is 0 Å². The highest BCUT2D eigenvalue weighted by atomic mass is 32.2. The highest BCUT2D eigenvalue weighted by molar-refractivity contribution is 8.14. The van der Waals surface area contributed by atoms with E-state index in [-0.39, 0.29) is 0 Å². The molecule has 1 unspecified atom stereocenters. The van der Waals surface area contributed by atoms with Crippen LogP contribution in [-0.4, -0.2) is 28.5 Å². The first-order valence-corrected chi connectivity index (χ1v) is 7.13. The highest BCUT2D eigenvalue weighted by Crippen LogP contribution is 2.41. The molecule has 3 nitrogen and oxygen atoms in total. The Labute approximate surface area is 106 Å². The van der Waals surface area contributed by atoms with E-state index >= 15 is 0 Å². The van der Waals surface area contributed by atoms with Crippen LogP contribution in [0.4, 0.5) is 0 Å². The highest BCUT2D eigenvalue weighted by Gasteiger charge is 2.35. The van der Waals surface area contributed by atoms with Crippen molar-refractivity contribution in [1.82, 2.24) is 10.3 Å². The summed E-state index contributed by atoms with van der Waals surface area (Å²) in [6, 6.07) is 4.10. The van der Waals surface area contributed by atoms with Gasteiger partial charge in [0.15, 0.2) is 5.17 Å². The first-order chi connectivity index (χ1) is 8.42. The van der Waals surface area contributed by atoms with Crippen LogP contribution in [0.3, 0.4) is 0 Å². The van der Waals surface area contributed by atoms with Crippen LogP contribution >= 0.6 is 11.8 Å². The van der Waals surface area contributed by atoms with Gasteiger partial charge in [-0.1, -0.05) is 17.8 Å². The van der Waals surface area contributed by atoms with Gasteiger partial charge in [0.2, 0.25) is 0 Å². The molecule has 0 aromatic carbocycles. The molecule has 1 fully saturated rings. The van der Waals surface area contributed by atoms with E-state index in [1.165, 1.54) is 18.4 Å². The second-order valence-electron chi connectivity index (χ2n) is 4.68. The molecule has 1 atom stereocenters. The zero-order chi connectivity index (χ0) is 11.5. The summed E-state index contributed by atoms with van der Waals surface area (Å²) in [6.45, 7) is 1.97. The van der Waals surface area contributed by atoms with Gasteiger partial charge in [0.05, 0.1) is 6.54 Å². The fourth-order valence-electron chi connectivity index (χ4n) is 2.06. The summed E-state index contributed by atoms with van der Waals surface area (Å²) in [4.78, 5) is 8.68. The molecule has 2 aliphatic rings. The molecule has 2 heterocycles. The zero-order valence-corrected chi connectivity index (χ0v) is 10.6. The largest absolute Gasteiger partial charge is 0.365 e. The van der Waals surface area contributed by atoms with Crippen LogP contribution in [0.2, 0.25) is 0 Å².